The van der Waals surface area contributed by atoms with Gasteiger partial charge in [0.1, 0.15) is 18.5 Å². The molecule has 0 N–H and O–H groups in total. The number of aromatic nitrogens is 3. The van der Waals surface area contributed by atoms with E-state index >= 15 is 0 Å². The third-order valence-electron chi connectivity index (χ3n) is 6.28. The van der Waals surface area contributed by atoms with Crippen molar-refractivity contribution < 1.29 is 18.7 Å². The minimum atomic E-state index is 0.227. The summed E-state index contributed by atoms with van der Waals surface area (Å²) in [4.78, 5) is 9.37. The molecule has 2 aliphatic rings. The molecule has 2 fully saturated rings. The van der Waals surface area contributed by atoms with E-state index in [0.717, 1.165) is 59.6 Å². The topological polar surface area (TPSA) is 82.8 Å². The van der Waals surface area contributed by atoms with Gasteiger partial charge < -0.3 is 18.7 Å². The molecule has 32 heavy (non-hydrogen) atoms. The Morgan fingerprint density at radius 2 is 1.88 bits per heavy atom. The number of aryl methyl sites for hydroxylation is 2. The Balaban J connectivity index is 1.44. The number of benzene rings is 1. The van der Waals surface area contributed by atoms with E-state index in [-0.39, 0.29) is 6.10 Å². The second kappa shape index (κ2) is 8.90. The largest absolute Gasteiger partial charge is 0.490 e. The highest BCUT2D eigenvalue weighted by molar-refractivity contribution is 5.64. The van der Waals surface area contributed by atoms with E-state index in [0.29, 0.717) is 30.1 Å². The number of ether oxygens (including phenoxy) is 3. The molecule has 0 amide bonds. The lowest BCUT2D eigenvalue weighted by molar-refractivity contribution is 0.260. The summed E-state index contributed by atoms with van der Waals surface area (Å²) in [6.07, 6.45) is 5.90. The molecule has 0 bridgehead atoms. The Hall–Kier alpha value is -2.93. The minimum Gasteiger partial charge on any atom is -0.490 e. The van der Waals surface area contributed by atoms with Gasteiger partial charge in [-0.1, -0.05) is 24.9 Å². The van der Waals surface area contributed by atoms with Crippen molar-refractivity contribution in [3.8, 4) is 34.5 Å². The van der Waals surface area contributed by atoms with Crippen LogP contribution in [0.4, 0.5) is 0 Å². The second-order valence-electron chi connectivity index (χ2n) is 8.63. The standard InChI is InChI=1S/C25H29N3O4/c1-4-16-10-18(9-15(2)23(16)31-14-20-13-30-20)24-27-25(32-28-24)19-11-21(17-7-5-6-8-17)26-22(12-19)29-3/h9-12,17,20H,4-8,13-14H2,1-3H3/t20-/m0/s1. The molecule has 3 aromatic rings. The van der Waals surface area contributed by atoms with E-state index < -0.39 is 0 Å². The third-order valence-corrected chi connectivity index (χ3v) is 6.28. The molecule has 3 heterocycles. The minimum absolute atomic E-state index is 0.227. The number of epoxide rings is 1. The van der Waals surface area contributed by atoms with Gasteiger partial charge in [0.25, 0.3) is 5.89 Å². The summed E-state index contributed by atoms with van der Waals surface area (Å²) in [5.41, 5.74) is 4.99. The van der Waals surface area contributed by atoms with Gasteiger partial charge in [-0.2, -0.15) is 4.98 Å². The quantitative estimate of drug-likeness (QED) is 0.455. The first-order valence-corrected chi connectivity index (χ1v) is 11.4. The lowest BCUT2D eigenvalue weighted by Crippen LogP contribution is -2.07. The van der Waals surface area contributed by atoms with E-state index in [1.54, 1.807) is 7.11 Å². The van der Waals surface area contributed by atoms with Gasteiger partial charge in [0.05, 0.1) is 13.7 Å². The summed E-state index contributed by atoms with van der Waals surface area (Å²) < 4.78 is 22.4. The fourth-order valence-corrected chi connectivity index (χ4v) is 4.43. The maximum absolute atomic E-state index is 6.03. The summed E-state index contributed by atoms with van der Waals surface area (Å²) in [7, 11) is 1.64. The Kier molecular flexibility index (Phi) is 5.83. The summed E-state index contributed by atoms with van der Waals surface area (Å²) in [6, 6.07) is 8.06. The zero-order valence-electron chi connectivity index (χ0n) is 18.9. The number of rotatable bonds is 8. The normalized spacial score (nSPS) is 18.2. The van der Waals surface area contributed by atoms with Crippen LogP contribution in [0.3, 0.4) is 0 Å². The molecule has 1 aliphatic carbocycles. The summed E-state index contributed by atoms with van der Waals surface area (Å²) in [5, 5.41) is 4.27. The Morgan fingerprint density at radius 1 is 1.06 bits per heavy atom. The van der Waals surface area contributed by atoms with Gasteiger partial charge in [0, 0.05) is 28.8 Å². The zero-order valence-corrected chi connectivity index (χ0v) is 18.9. The van der Waals surface area contributed by atoms with Crippen LogP contribution in [0.15, 0.2) is 28.8 Å². The van der Waals surface area contributed by atoms with Crippen molar-refractivity contribution in [3.05, 3.63) is 41.1 Å². The summed E-state index contributed by atoms with van der Waals surface area (Å²) in [5.74, 6) is 3.01. The molecule has 0 unspecified atom stereocenters. The molecule has 1 atom stereocenters. The predicted octanol–water partition coefficient (Wildman–Crippen LogP) is 5.11. The van der Waals surface area contributed by atoms with Crippen LogP contribution in [0.25, 0.3) is 22.8 Å². The second-order valence-corrected chi connectivity index (χ2v) is 8.63. The van der Waals surface area contributed by atoms with Crippen molar-refractivity contribution in [2.45, 2.75) is 58.0 Å². The molecule has 1 aliphatic heterocycles. The van der Waals surface area contributed by atoms with Gasteiger partial charge in [0.2, 0.25) is 11.7 Å². The lowest BCUT2D eigenvalue weighted by Gasteiger charge is -2.14. The molecule has 7 nitrogen and oxygen atoms in total. The molecule has 168 valence electrons. The number of nitrogens with zero attached hydrogens (tertiary/aromatic N) is 3. The fourth-order valence-electron chi connectivity index (χ4n) is 4.43. The summed E-state index contributed by atoms with van der Waals surface area (Å²) in [6.45, 7) is 5.54. The van der Waals surface area contributed by atoms with Gasteiger partial charge in [0.15, 0.2) is 0 Å². The van der Waals surface area contributed by atoms with Crippen molar-refractivity contribution in [1.82, 2.24) is 15.1 Å². The van der Waals surface area contributed by atoms with Crippen molar-refractivity contribution in [3.63, 3.8) is 0 Å². The maximum Gasteiger partial charge on any atom is 0.258 e. The Labute approximate surface area is 188 Å². The van der Waals surface area contributed by atoms with Crippen molar-refractivity contribution in [2.24, 2.45) is 0 Å². The molecular weight excluding hydrogens is 406 g/mol. The highest BCUT2D eigenvalue weighted by Gasteiger charge is 2.25. The molecule has 1 saturated heterocycles. The number of hydrogen-bond donors (Lipinski definition) is 0. The Bertz CT molecular complexity index is 1100. The van der Waals surface area contributed by atoms with Gasteiger partial charge in [-0.3, -0.25) is 0 Å². The number of hydrogen-bond acceptors (Lipinski definition) is 7. The van der Waals surface area contributed by atoms with Crippen molar-refractivity contribution in [2.75, 3.05) is 20.3 Å². The van der Waals surface area contributed by atoms with Crippen LogP contribution in [0.1, 0.15) is 55.3 Å². The van der Waals surface area contributed by atoms with Gasteiger partial charge in [-0.25, -0.2) is 4.98 Å². The number of pyridine rings is 1. The number of methoxy groups -OCH3 is 1. The fraction of sp³-hybridized carbons (Fsp3) is 0.480. The smallest absolute Gasteiger partial charge is 0.258 e. The van der Waals surface area contributed by atoms with Crippen molar-refractivity contribution in [1.29, 1.82) is 0 Å². The zero-order chi connectivity index (χ0) is 22.1. The first-order chi connectivity index (χ1) is 15.6. The molecule has 1 aromatic carbocycles. The van der Waals surface area contributed by atoms with E-state index in [4.69, 9.17) is 23.7 Å². The van der Waals surface area contributed by atoms with Crippen LogP contribution in [0.2, 0.25) is 0 Å². The Morgan fingerprint density at radius 3 is 2.59 bits per heavy atom. The molecule has 2 aromatic heterocycles. The van der Waals surface area contributed by atoms with E-state index in [9.17, 15) is 0 Å². The maximum atomic E-state index is 6.03. The van der Waals surface area contributed by atoms with E-state index in [1.165, 1.54) is 12.8 Å². The SMILES string of the molecule is CCc1cc(-c2noc(-c3cc(OC)nc(C4CCCC4)c3)n2)cc(C)c1OC[C@@H]1CO1. The lowest BCUT2D eigenvalue weighted by atomic mass is 10.0. The van der Waals surface area contributed by atoms with Gasteiger partial charge in [-0.05, 0) is 55.5 Å². The van der Waals surface area contributed by atoms with Crippen LogP contribution in [-0.2, 0) is 11.2 Å². The van der Waals surface area contributed by atoms with E-state index in [2.05, 4.69) is 29.2 Å². The molecule has 7 heteroatoms. The van der Waals surface area contributed by atoms with Gasteiger partial charge >= 0.3 is 0 Å². The first kappa shape index (κ1) is 20.9. The highest BCUT2D eigenvalue weighted by atomic mass is 16.6. The molecule has 0 radical (unpaired) electrons. The highest BCUT2D eigenvalue weighted by Crippen LogP contribution is 2.36. The van der Waals surface area contributed by atoms with Crippen LogP contribution in [-0.4, -0.2) is 41.6 Å². The molecular formula is C25H29N3O4. The van der Waals surface area contributed by atoms with Crippen LogP contribution in [0, 0.1) is 6.92 Å². The van der Waals surface area contributed by atoms with Crippen LogP contribution in [0.5, 0.6) is 11.6 Å². The molecule has 0 spiro atoms. The van der Waals surface area contributed by atoms with Gasteiger partial charge in [-0.15, -0.1) is 0 Å². The monoisotopic (exact) mass is 435 g/mol. The van der Waals surface area contributed by atoms with Crippen LogP contribution >= 0.6 is 0 Å². The predicted molar refractivity (Wildman–Crippen MR) is 120 cm³/mol. The third kappa shape index (κ3) is 4.35. The van der Waals surface area contributed by atoms with Crippen molar-refractivity contribution >= 4 is 0 Å². The molecule has 5 rings (SSSR count). The first-order valence-electron chi connectivity index (χ1n) is 11.4. The average molecular weight is 436 g/mol. The summed E-state index contributed by atoms with van der Waals surface area (Å²) >= 11 is 0. The molecule has 1 saturated carbocycles. The van der Waals surface area contributed by atoms with Crippen LogP contribution < -0.4 is 9.47 Å². The van der Waals surface area contributed by atoms with E-state index in [1.807, 2.05) is 19.1 Å². The average Bonchev–Trinajstić information content (AvgIpc) is 3.27.